The molecule has 0 aromatic carbocycles. The van der Waals surface area contributed by atoms with Gasteiger partial charge in [0.25, 0.3) is 0 Å². The molecule has 5 nitrogen and oxygen atoms in total. The van der Waals surface area contributed by atoms with E-state index in [1.807, 2.05) is 38.1 Å². The highest BCUT2D eigenvalue weighted by atomic mass is 16.3. The molecule has 18 heavy (non-hydrogen) atoms. The number of nitrogens with zero attached hydrogens (tertiary/aromatic N) is 1. The monoisotopic (exact) mass is 253 g/mol. The highest BCUT2D eigenvalue weighted by molar-refractivity contribution is 5.81. The van der Waals surface area contributed by atoms with Crippen molar-refractivity contribution in [1.29, 1.82) is 0 Å². The molecule has 0 fully saturated rings. The summed E-state index contributed by atoms with van der Waals surface area (Å²) in [6.07, 6.45) is 3.25. The van der Waals surface area contributed by atoms with Crippen LogP contribution in [-0.2, 0) is 4.79 Å². The van der Waals surface area contributed by atoms with Gasteiger partial charge in [-0.2, -0.15) is 0 Å². The summed E-state index contributed by atoms with van der Waals surface area (Å²) in [5, 5.41) is 2.87. The summed E-state index contributed by atoms with van der Waals surface area (Å²) in [7, 11) is 3.90. The lowest BCUT2D eigenvalue weighted by molar-refractivity contribution is -0.122. The molecule has 0 aliphatic carbocycles. The Hall–Kier alpha value is -1.33. The van der Waals surface area contributed by atoms with E-state index in [-0.39, 0.29) is 11.9 Å². The van der Waals surface area contributed by atoms with E-state index in [1.165, 1.54) is 0 Å². The summed E-state index contributed by atoms with van der Waals surface area (Å²) in [5.41, 5.74) is 5.76. The van der Waals surface area contributed by atoms with Crippen LogP contribution in [0.3, 0.4) is 0 Å². The van der Waals surface area contributed by atoms with E-state index in [0.717, 1.165) is 12.2 Å². The van der Waals surface area contributed by atoms with Gasteiger partial charge < -0.3 is 15.5 Å². The summed E-state index contributed by atoms with van der Waals surface area (Å²) in [6.45, 7) is 2.51. The molecule has 1 rings (SSSR count). The highest BCUT2D eigenvalue weighted by Crippen LogP contribution is 2.17. The molecule has 0 radical (unpaired) electrons. The molecule has 1 aromatic rings. The smallest absolute Gasteiger partial charge is 0.236 e. The van der Waals surface area contributed by atoms with Crippen LogP contribution in [0.15, 0.2) is 22.8 Å². The van der Waals surface area contributed by atoms with Crippen molar-refractivity contribution >= 4 is 5.91 Å². The Balaban J connectivity index is 2.51. The van der Waals surface area contributed by atoms with Crippen molar-refractivity contribution in [1.82, 2.24) is 10.2 Å². The van der Waals surface area contributed by atoms with E-state index in [4.69, 9.17) is 10.2 Å². The predicted octanol–water partition coefficient (Wildman–Crippen LogP) is 1.13. The maximum atomic E-state index is 11.7. The molecule has 1 amide bonds. The molecular weight excluding hydrogens is 230 g/mol. The number of nitrogens with two attached hydrogens (primary N) is 1. The topological polar surface area (TPSA) is 71.5 Å². The van der Waals surface area contributed by atoms with Crippen LogP contribution in [0.4, 0.5) is 0 Å². The van der Waals surface area contributed by atoms with Crippen molar-refractivity contribution in [3.05, 3.63) is 24.2 Å². The van der Waals surface area contributed by atoms with E-state index < -0.39 is 6.04 Å². The minimum Gasteiger partial charge on any atom is -0.468 e. The number of likely N-dealkylation sites (N-methyl/N-ethyl adjacent to an activating group) is 1. The standard InChI is InChI=1S/C13H23N3O2/c1-4-6-10(14)13(17)15-9-11(16(2)3)12-7-5-8-18-12/h5,7-8,10-11H,4,6,9,14H2,1-3H3,(H,15,17). The maximum Gasteiger partial charge on any atom is 0.236 e. The second kappa shape index (κ2) is 7.18. The molecule has 1 heterocycles. The van der Waals surface area contributed by atoms with Gasteiger partial charge in [0.2, 0.25) is 5.91 Å². The number of carbonyl (C=O) groups excluding carboxylic acids is 1. The third kappa shape index (κ3) is 4.16. The van der Waals surface area contributed by atoms with Gasteiger partial charge in [0, 0.05) is 6.54 Å². The Morgan fingerprint density at radius 1 is 1.56 bits per heavy atom. The summed E-state index contributed by atoms with van der Waals surface area (Å²) >= 11 is 0. The highest BCUT2D eigenvalue weighted by Gasteiger charge is 2.19. The van der Waals surface area contributed by atoms with E-state index >= 15 is 0 Å². The lowest BCUT2D eigenvalue weighted by atomic mass is 10.1. The molecule has 3 N–H and O–H groups in total. The maximum absolute atomic E-state index is 11.7. The number of furan rings is 1. The van der Waals surface area contributed by atoms with Crippen molar-refractivity contribution in [2.24, 2.45) is 5.73 Å². The van der Waals surface area contributed by atoms with E-state index in [0.29, 0.717) is 13.0 Å². The number of nitrogens with one attached hydrogen (secondary N) is 1. The van der Waals surface area contributed by atoms with Crippen LogP contribution in [0.25, 0.3) is 0 Å². The molecule has 0 aliphatic rings. The molecule has 0 aliphatic heterocycles. The van der Waals surface area contributed by atoms with Crippen molar-refractivity contribution in [3.8, 4) is 0 Å². The van der Waals surface area contributed by atoms with Gasteiger partial charge in [-0.15, -0.1) is 0 Å². The van der Waals surface area contributed by atoms with Gasteiger partial charge in [0.05, 0.1) is 18.3 Å². The largest absolute Gasteiger partial charge is 0.468 e. The Bertz CT molecular complexity index is 349. The van der Waals surface area contributed by atoms with Crippen LogP contribution in [-0.4, -0.2) is 37.5 Å². The SMILES string of the molecule is CCCC(N)C(=O)NCC(c1ccco1)N(C)C. The first kappa shape index (κ1) is 14.7. The van der Waals surface area contributed by atoms with Gasteiger partial charge in [-0.3, -0.25) is 9.69 Å². The van der Waals surface area contributed by atoms with Crippen LogP contribution in [0, 0.1) is 0 Å². The molecule has 0 saturated carbocycles. The summed E-state index contributed by atoms with van der Waals surface area (Å²) in [5.74, 6) is 0.736. The first-order valence-electron chi connectivity index (χ1n) is 6.29. The molecule has 5 heteroatoms. The normalized spacial score (nSPS) is 14.5. The van der Waals surface area contributed by atoms with Crippen molar-refractivity contribution in [3.63, 3.8) is 0 Å². The van der Waals surface area contributed by atoms with Crippen molar-refractivity contribution in [2.45, 2.75) is 31.8 Å². The average Bonchev–Trinajstić information content (AvgIpc) is 2.82. The number of amides is 1. The Kier molecular flexibility index (Phi) is 5.88. The first-order chi connectivity index (χ1) is 8.56. The molecule has 0 spiro atoms. The number of carbonyl (C=O) groups is 1. The first-order valence-corrected chi connectivity index (χ1v) is 6.29. The fourth-order valence-electron chi connectivity index (χ4n) is 1.79. The zero-order valence-corrected chi connectivity index (χ0v) is 11.3. The van der Waals surface area contributed by atoms with Gasteiger partial charge in [0.15, 0.2) is 0 Å². The molecule has 1 aromatic heterocycles. The number of rotatable bonds is 7. The fraction of sp³-hybridized carbons (Fsp3) is 0.615. The number of hydrogen-bond acceptors (Lipinski definition) is 4. The lowest BCUT2D eigenvalue weighted by Gasteiger charge is -2.23. The Morgan fingerprint density at radius 3 is 2.78 bits per heavy atom. The minimum absolute atomic E-state index is 0.0257. The third-order valence-corrected chi connectivity index (χ3v) is 2.90. The second-order valence-corrected chi connectivity index (χ2v) is 4.64. The van der Waals surface area contributed by atoms with Gasteiger partial charge in [-0.1, -0.05) is 13.3 Å². The second-order valence-electron chi connectivity index (χ2n) is 4.64. The van der Waals surface area contributed by atoms with Crippen LogP contribution >= 0.6 is 0 Å². The number of hydrogen-bond donors (Lipinski definition) is 2. The van der Waals surface area contributed by atoms with Crippen molar-refractivity contribution in [2.75, 3.05) is 20.6 Å². The lowest BCUT2D eigenvalue weighted by Crippen LogP contribution is -2.43. The zero-order chi connectivity index (χ0) is 13.5. The van der Waals surface area contributed by atoms with Crippen molar-refractivity contribution < 1.29 is 9.21 Å². The molecule has 0 bridgehead atoms. The van der Waals surface area contributed by atoms with Gasteiger partial charge >= 0.3 is 0 Å². The molecule has 102 valence electrons. The van der Waals surface area contributed by atoms with Gasteiger partial charge in [-0.25, -0.2) is 0 Å². The van der Waals surface area contributed by atoms with Gasteiger partial charge in [-0.05, 0) is 32.6 Å². The Morgan fingerprint density at radius 2 is 2.28 bits per heavy atom. The predicted molar refractivity (Wildman–Crippen MR) is 71.0 cm³/mol. The minimum atomic E-state index is -0.422. The van der Waals surface area contributed by atoms with Crippen LogP contribution in [0.1, 0.15) is 31.6 Å². The quantitative estimate of drug-likeness (QED) is 0.764. The van der Waals surface area contributed by atoms with E-state index in [2.05, 4.69) is 5.32 Å². The fourth-order valence-corrected chi connectivity index (χ4v) is 1.79. The molecule has 2 atom stereocenters. The average molecular weight is 253 g/mol. The molecular formula is C13H23N3O2. The molecule has 2 unspecified atom stereocenters. The Labute approximate surface area is 108 Å². The van der Waals surface area contributed by atoms with Gasteiger partial charge in [0.1, 0.15) is 5.76 Å². The zero-order valence-electron chi connectivity index (χ0n) is 11.3. The van der Waals surface area contributed by atoms with E-state index in [9.17, 15) is 4.79 Å². The third-order valence-electron chi connectivity index (χ3n) is 2.90. The van der Waals surface area contributed by atoms with Crippen LogP contribution in [0.5, 0.6) is 0 Å². The summed E-state index contributed by atoms with van der Waals surface area (Å²) < 4.78 is 5.37. The van der Waals surface area contributed by atoms with Crippen LogP contribution < -0.4 is 11.1 Å². The molecule has 0 saturated heterocycles. The van der Waals surface area contributed by atoms with E-state index in [1.54, 1.807) is 6.26 Å². The summed E-state index contributed by atoms with van der Waals surface area (Å²) in [6, 6.07) is 3.35. The van der Waals surface area contributed by atoms with Crippen LogP contribution in [0.2, 0.25) is 0 Å². The summed E-state index contributed by atoms with van der Waals surface area (Å²) in [4.78, 5) is 13.7.